The van der Waals surface area contributed by atoms with Crippen molar-refractivity contribution in [3.8, 4) is 0 Å². The second-order valence-electron chi connectivity index (χ2n) is 3.76. The molecule has 0 bridgehead atoms. The van der Waals surface area contributed by atoms with Gasteiger partial charge in [-0.25, -0.2) is 4.79 Å². The number of hydrogen-bond donors (Lipinski definition) is 2. The molecular weight excluding hydrogens is 296 g/mol. The van der Waals surface area contributed by atoms with E-state index in [0.717, 1.165) is 15.7 Å². The van der Waals surface area contributed by atoms with Crippen molar-refractivity contribution in [2.75, 3.05) is 5.32 Å². The summed E-state index contributed by atoms with van der Waals surface area (Å²) < 4.78 is 0.966. The van der Waals surface area contributed by atoms with Gasteiger partial charge in [0.2, 0.25) is 0 Å². The first-order valence-electron chi connectivity index (χ1n) is 5.29. The summed E-state index contributed by atoms with van der Waals surface area (Å²) in [5, 5.41) is 12.2. The molecule has 0 saturated heterocycles. The highest BCUT2D eigenvalue weighted by molar-refractivity contribution is 9.10. The topological polar surface area (TPSA) is 62.2 Å². The second kappa shape index (κ2) is 5.18. The molecule has 1 heterocycles. The minimum atomic E-state index is -0.979. The van der Waals surface area contributed by atoms with Crippen LogP contribution in [0.5, 0.6) is 0 Å². The average Bonchev–Trinajstić information content (AvgIpc) is 2.35. The molecule has 18 heavy (non-hydrogen) atoms. The summed E-state index contributed by atoms with van der Waals surface area (Å²) in [5.74, 6) is -0.979. The fraction of sp³-hybridized carbons (Fsp3) is 0.0769. The lowest BCUT2D eigenvalue weighted by molar-refractivity contribution is 0.0698. The summed E-state index contributed by atoms with van der Waals surface area (Å²) in [6.45, 7) is 1.95. The number of pyridine rings is 1. The maximum absolute atomic E-state index is 11.1. The van der Waals surface area contributed by atoms with E-state index in [2.05, 4.69) is 26.2 Å². The predicted molar refractivity (Wildman–Crippen MR) is 73.4 cm³/mol. The normalized spacial score (nSPS) is 10.1. The molecule has 0 atom stereocenters. The zero-order valence-corrected chi connectivity index (χ0v) is 11.2. The van der Waals surface area contributed by atoms with Crippen LogP contribution >= 0.6 is 15.9 Å². The Kier molecular flexibility index (Phi) is 3.62. The number of aromatic nitrogens is 1. The van der Waals surface area contributed by atoms with Crippen LogP contribution in [-0.4, -0.2) is 16.1 Å². The number of nitrogens with zero attached hydrogens (tertiary/aromatic N) is 1. The van der Waals surface area contributed by atoms with Crippen LogP contribution in [0.1, 0.15) is 15.9 Å². The summed E-state index contributed by atoms with van der Waals surface area (Å²) in [7, 11) is 0. The highest BCUT2D eigenvalue weighted by Gasteiger charge is 2.11. The molecule has 0 saturated carbocycles. The van der Waals surface area contributed by atoms with E-state index >= 15 is 0 Å². The predicted octanol–water partition coefficient (Wildman–Crippen LogP) is 3.59. The van der Waals surface area contributed by atoms with Gasteiger partial charge in [0.05, 0.1) is 17.4 Å². The summed E-state index contributed by atoms with van der Waals surface area (Å²) in [6, 6.07) is 7.18. The van der Waals surface area contributed by atoms with E-state index < -0.39 is 5.97 Å². The fourth-order valence-electron chi connectivity index (χ4n) is 1.57. The van der Waals surface area contributed by atoms with Crippen LogP contribution in [0.2, 0.25) is 0 Å². The zero-order valence-electron chi connectivity index (χ0n) is 9.64. The van der Waals surface area contributed by atoms with E-state index in [1.165, 1.54) is 18.5 Å². The van der Waals surface area contributed by atoms with E-state index in [9.17, 15) is 4.79 Å². The number of aromatic carboxylic acids is 1. The first-order valence-corrected chi connectivity index (χ1v) is 6.08. The Hall–Kier alpha value is -1.88. The van der Waals surface area contributed by atoms with Crippen molar-refractivity contribution >= 4 is 33.3 Å². The molecule has 1 aromatic carbocycles. The molecule has 1 aromatic heterocycles. The summed E-state index contributed by atoms with van der Waals surface area (Å²) in [6.07, 6.45) is 2.96. The highest BCUT2D eigenvalue weighted by Crippen LogP contribution is 2.27. The average molecular weight is 307 g/mol. The molecule has 0 fully saturated rings. The first-order chi connectivity index (χ1) is 8.59. The molecule has 5 heteroatoms. The standard InChI is InChI=1S/C13H11BrN2O2/c1-8-10(14)3-2-4-11(8)16-12-7-15-6-5-9(12)13(17)18/h2-7,16H,1H3,(H,17,18). The number of carboxylic acid groups (broad SMARTS) is 1. The van der Waals surface area contributed by atoms with E-state index in [-0.39, 0.29) is 5.56 Å². The van der Waals surface area contributed by atoms with Gasteiger partial charge in [0.25, 0.3) is 0 Å². The first kappa shape index (κ1) is 12.6. The van der Waals surface area contributed by atoms with Crippen LogP contribution in [0.25, 0.3) is 0 Å². The molecule has 0 radical (unpaired) electrons. The van der Waals surface area contributed by atoms with Crippen LogP contribution in [0.4, 0.5) is 11.4 Å². The lowest BCUT2D eigenvalue weighted by Crippen LogP contribution is -2.03. The third-order valence-corrected chi connectivity index (χ3v) is 3.45. The Morgan fingerprint density at radius 1 is 1.33 bits per heavy atom. The minimum Gasteiger partial charge on any atom is -0.478 e. The summed E-state index contributed by atoms with van der Waals surface area (Å²) >= 11 is 3.43. The molecule has 0 spiro atoms. The molecule has 0 amide bonds. The monoisotopic (exact) mass is 306 g/mol. The van der Waals surface area contributed by atoms with E-state index in [4.69, 9.17) is 5.11 Å². The number of halogens is 1. The Morgan fingerprint density at radius 3 is 2.83 bits per heavy atom. The molecule has 4 nitrogen and oxygen atoms in total. The van der Waals surface area contributed by atoms with Gasteiger partial charge >= 0.3 is 5.97 Å². The van der Waals surface area contributed by atoms with Crippen molar-refractivity contribution in [2.45, 2.75) is 6.92 Å². The second-order valence-corrected chi connectivity index (χ2v) is 4.62. The van der Waals surface area contributed by atoms with Crippen molar-refractivity contribution in [1.29, 1.82) is 0 Å². The van der Waals surface area contributed by atoms with Crippen LogP contribution in [0.15, 0.2) is 41.1 Å². The van der Waals surface area contributed by atoms with Crippen molar-refractivity contribution in [1.82, 2.24) is 4.98 Å². The molecule has 2 N–H and O–H groups in total. The van der Waals surface area contributed by atoms with Crippen molar-refractivity contribution < 1.29 is 9.90 Å². The summed E-state index contributed by atoms with van der Waals surface area (Å²) in [5.41, 5.74) is 2.54. The van der Waals surface area contributed by atoms with Gasteiger partial charge < -0.3 is 10.4 Å². The SMILES string of the molecule is Cc1c(Br)cccc1Nc1cnccc1C(=O)O. The fourth-order valence-corrected chi connectivity index (χ4v) is 1.93. The van der Waals surface area contributed by atoms with Crippen molar-refractivity contribution in [3.05, 3.63) is 52.3 Å². The largest absolute Gasteiger partial charge is 0.478 e. The molecular formula is C13H11BrN2O2. The molecule has 2 rings (SSSR count). The maximum atomic E-state index is 11.1. The molecule has 0 aliphatic carbocycles. The molecule has 2 aromatic rings. The van der Waals surface area contributed by atoms with Gasteiger partial charge in [-0.1, -0.05) is 22.0 Å². The van der Waals surface area contributed by atoms with Gasteiger partial charge in [0.1, 0.15) is 0 Å². The van der Waals surface area contributed by atoms with Gasteiger partial charge in [-0.3, -0.25) is 4.98 Å². The number of carbonyl (C=O) groups is 1. The lowest BCUT2D eigenvalue weighted by Gasteiger charge is -2.12. The number of nitrogens with one attached hydrogen (secondary N) is 1. The van der Waals surface area contributed by atoms with Crippen LogP contribution < -0.4 is 5.32 Å². The molecule has 0 aliphatic heterocycles. The summed E-state index contributed by atoms with van der Waals surface area (Å²) in [4.78, 5) is 15.0. The van der Waals surface area contributed by atoms with Gasteiger partial charge in [0.15, 0.2) is 0 Å². The van der Waals surface area contributed by atoms with Gasteiger partial charge in [-0.15, -0.1) is 0 Å². The third-order valence-electron chi connectivity index (χ3n) is 2.59. The maximum Gasteiger partial charge on any atom is 0.337 e. The van der Waals surface area contributed by atoms with E-state index in [1.54, 1.807) is 0 Å². The zero-order chi connectivity index (χ0) is 13.1. The number of hydrogen-bond acceptors (Lipinski definition) is 3. The number of anilines is 2. The van der Waals surface area contributed by atoms with Crippen molar-refractivity contribution in [2.24, 2.45) is 0 Å². The van der Waals surface area contributed by atoms with Crippen molar-refractivity contribution in [3.63, 3.8) is 0 Å². The van der Waals surface area contributed by atoms with Crippen LogP contribution in [0.3, 0.4) is 0 Å². The number of carboxylic acids is 1. The molecule has 92 valence electrons. The minimum absolute atomic E-state index is 0.198. The lowest BCUT2D eigenvalue weighted by atomic mass is 10.1. The molecule has 0 unspecified atom stereocenters. The smallest absolute Gasteiger partial charge is 0.337 e. The van der Waals surface area contributed by atoms with Gasteiger partial charge in [-0.2, -0.15) is 0 Å². The Labute approximate surface area is 113 Å². The number of benzene rings is 1. The molecule has 0 aliphatic rings. The Morgan fingerprint density at radius 2 is 2.11 bits per heavy atom. The quantitative estimate of drug-likeness (QED) is 0.909. The Balaban J connectivity index is 2.40. The van der Waals surface area contributed by atoms with Crippen LogP contribution in [-0.2, 0) is 0 Å². The van der Waals surface area contributed by atoms with Crippen LogP contribution in [0, 0.1) is 6.92 Å². The van der Waals surface area contributed by atoms with Gasteiger partial charge in [-0.05, 0) is 30.7 Å². The Bertz CT molecular complexity index is 599. The van der Waals surface area contributed by atoms with E-state index in [0.29, 0.717) is 5.69 Å². The van der Waals surface area contributed by atoms with E-state index in [1.807, 2.05) is 25.1 Å². The number of rotatable bonds is 3. The van der Waals surface area contributed by atoms with Gasteiger partial charge in [0, 0.05) is 16.4 Å². The highest BCUT2D eigenvalue weighted by atomic mass is 79.9. The third kappa shape index (κ3) is 2.51.